The molecule has 62 valence electrons. The first kappa shape index (κ1) is 7.35. The Kier molecular flexibility index (Phi) is 1.61. The van der Waals surface area contributed by atoms with E-state index in [4.69, 9.17) is 5.11 Å². The molecule has 1 saturated carbocycles. The first-order chi connectivity index (χ1) is 5.75. The summed E-state index contributed by atoms with van der Waals surface area (Å²) < 4.78 is 0. The van der Waals surface area contributed by atoms with Crippen molar-refractivity contribution in [2.45, 2.75) is 18.8 Å². The maximum absolute atomic E-state index is 10.7. The van der Waals surface area contributed by atoms with Gasteiger partial charge in [0.05, 0.1) is 0 Å². The lowest BCUT2D eigenvalue weighted by Crippen LogP contribution is -2.20. The van der Waals surface area contributed by atoms with Crippen LogP contribution in [0.2, 0.25) is 0 Å². The fourth-order valence-corrected chi connectivity index (χ4v) is 1.47. The molecular formula is C10H10O2. The number of carbonyl (C=O) groups excluding carboxylic acids is 1. The molecule has 2 rings (SSSR count). The van der Waals surface area contributed by atoms with E-state index < -0.39 is 0 Å². The number of benzene rings is 1. The Hall–Kier alpha value is -1.31. The van der Waals surface area contributed by atoms with Gasteiger partial charge in [-0.05, 0) is 23.6 Å². The van der Waals surface area contributed by atoms with Crippen LogP contribution >= 0.6 is 0 Å². The number of hydrogen-bond acceptors (Lipinski definition) is 2. The standard InChI is InChI=1S/C10H10O2/c11-9-3-1-7(2-4-9)8-5-10(12)6-8/h1-4,8,11H,5-6H2. The van der Waals surface area contributed by atoms with Crippen LogP contribution in [-0.4, -0.2) is 10.9 Å². The van der Waals surface area contributed by atoms with Gasteiger partial charge in [0.2, 0.25) is 0 Å². The van der Waals surface area contributed by atoms with Crippen LogP contribution in [-0.2, 0) is 4.79 Å². The molecule has 0 bridgehead atoms. The summed E-state index contributed by atoms with van der Waals surface area (Å²) in [4.78, 5) is 10.7. The van der Waals surface area contributed by atoms with E-state index in [1.165, 1.54) is 0 Å². The molecule has 1 aromatic carbocycles. The number of phenols is 1. The van der Waals surface area contributed by atoms with Gasteiger partial charge in [-0.1, -0.05) is 12.1 Å². The molecule has 1 aromatic rings. The summed E-state index contributed by atoms with van der Waals surface area (Å²) in [7, 11) is 0. The van der Waals surface area contributed by atoms with Gasteiger partial charge >= 0.3 is 0 Å². The average Bonchev–Trinajstić information content (AvgIpc) is 2.01. The van der Waals surface area contributed by atoms with Crippen LogP contribution in [0.1, 0.15) is 24.3 Å². The van der Waals surface area contributed by atoms with Gasteiger partial charge in [0, 0.05) is 12.8 Å². The van der Waals surface area contributed by atoms with Crippen molar-refractivity contribution in [2.75, 3.05) is 0 Å². The van der Waals surface area contributed by atoms with E-state index in [0.717, 1.165) is 5.56 Å². The highest BCUT2D eigenvalue weighted by Crippen LogP contribution is 2.33. The number of Topliss-reactive ketones (excluding diaryl/α,β-unsaturated/α-hetero) is 1. The molecule has 1 N–H and O–H groups in total. The molecule has 0 atom stereocenters. The topological polar surface area (TPSA) is 37.3 Å². The fourth-order valence-electron chi connectivity index (χ4n) is 1.47. The van der Waals surface area contributed by atoms with E-state index >= 15 is 0 Å². The molecule has 12 heavy (non-hydrogen) atoms. The van der Waals surface area contributed by atoms with Gasteiger partial charge in [0.1, 0.15) is 11.5 Å². The number of rotatable bonds is 1. The highest BCUT2D eigenvalue weighted by Gasteiger charge is 2.27. The minimum absolute atomic E-state index is 0.282. The van der Waals surface area contributed by atoms with Crippen molar-refractivity contribution in [3.8, 4) is 5.75 Å². The van der Waals surface area contributed by atoms with Gasteiger partial charge in [-0.3, -0.25) is 4.79 Å². The van der Waals surface area contributed by atoms with Gasteiger partial charge in [0.15, 0.2) is 0 Å². The molecule has 0 amide bonds. The Bertz CT molecular complexity index is 292. The second kappa shape index (κ2) is 2.63. The van der Waals surface area contributed by atoms with Crippen LogP contribution in [0.25, 0.3) is 0 Å². The van der Waals surface area contributed by atoms with Crippen molar-refractivity contribution in [1.29, 1.82) is 0 Å². The van der Waals surface area contributed by atoms with Crippen molar-refractivity contribution < 1.29 is 9.90 Å². The third-order valence-corrected chi connectivity index (χ3v) is 2.31. The van der Waals surface area contributed by atoms with E-state index in [9.17, 15) is 4.79 Å². The molecule has 1 fully saturated rings. The van der Waals surface area contributed by atoms with E-state index in [0.29, 0.717) is 24.5 Å². The Morgan fingerprint density at radius 2 is 1.75 bits per heavy atom. The summed E-state index contributed by atoms with van der Waals surface area (Å²) in [5, 5.41) is 9.01. The van der Waals surface area contributed by atoms with Gasteiger partial charge in [-0.15, -0.1) is 0 Å². The average molecular weight is 162 g/mol. The monoisotopic (exact) mass is 162 g/mol. The van der Waals surface area contributed by atoms with Gasteiger partial charge in [-0.2, -0.15) is 0 Å². The second-order valence-corrected chi connectivity index (χ2v) is 3.24. The zero-order valence-electron chi connectivity index (χ0n) is 6.66. The molecule has 0 radical (unpaired) electrons. The highest BCUT2D eigenvalue weighted by molar-refractivity contribution is 5.86. The van der Waals surface area contributed by atoms with E-state index in [2.05, 4.69) is 0 Å². The van der Waals surface area contributed by atoms with Crippen molar-refractivity contribution in [3.63, 3.8) is 0 Å². The van der Waals surface area contributed by atoms with Crippen LogP contribution in [0.5, 0.6) is 5.75 Å². The van der Waals surface area contributed by atoms with Crippen molar-refractivity contribution in [2.24, 2.45) is 0 Å². The fraction of sp³-hybridized carbons (Fsp3) is 0.300. The maximum Gasteiger partial charge on any atom is 0.134 e. The van der Waals surface area contributed by atoms with Gasteiger partial charge in [0.25, 0.3) is 0 Å². The van der Waals surface area contributed by atoms with Crippen LogP contribution in [0, 0.1) is 0 Å². The Labute approximate surface area is 70.8 Å². The van der Waals surface area contributed by atoms with Crippen LogP contribution in [0.4, 0.5) is 0 Å². The summed E-state index contributed by atoms with van der Waals surface area (Å²) in [6, 6.07) is 7.09. The minimum Gasteiger partial charge on any atom is -0.508 e. The number of ketones is 1. The lowest BCUT2D eigenvalue weighted by Gasteiger charge is -2.24. The lowest BCUT2D eigenvalue weighted by molar-refractivity contribution is -0.124. The van der Waals surface area contributed by atoms with Gasteiger partial charge < -0.3 is 5.11 Å². The number of hydrogen-bond donors (Lipinski definition) is 1. The summed E-state index contributed by atoms with van der Waals surface area (Å²) in [6.45, 7) is 0. The van der Waals surface area contributed by atoms with E-state index in [1.807, 2.05) is 12.1 Å². The van der Waals surface area contributed by atoms with Crippen LogP contribution in [0.3, 0.4) is 0 Å². The maximum atomic E-state index is 10.7. The van der Waals surface area contributed by atoms with Gasteiger partial charge in [-0.25, -0.2) is 0 Å². The Morgan fingerprint density at radius 3 is 2.25 bits per heavy atom. The molecule has 1 aliphatic carbocycles. The normalized spacial score (nSPS) is 17.5. The van der Waals surface area contributed by atoms with Crippen LogP contribution < -0.4 is 0 Å². The first-order valence-electron chi connectivity index (χ1n) is 4.06. The minimum atomic E-state index is 0.282. The summed E-state index contributed by atoms with van der Waals surface area (Å²) in [6.07, 6.45) is 1.34. The zero-order valence-corrected chi connectivity index (χ0v) is 6.66. The molecule has 0 saturated heterocycles. The molecular weight excluding hydrogens is 152 g/mol. The van der Waals surface area contributed by atoms with Crippen LogP contribution in [0.15, 0.2) is 24.3 Å². The first-order valence-corrected chi connectivity index (χ1v) is 4.06. The summed E-state index contributed by atoms with van der Waals surface area (Å²) in [5.41, 5.74) is 1.16. The Morgan fingerprint density at radius 1 is 1.17 bits per heavy atom. The molecule has 0 aromatic heterocycles. The van der Waals surface area contributed by atoms with E-state index in [1.54, 1.807) is 12.1 Å². The zero-order chi connectivity index (χ0) is 8.55. The molecule has 1 aliphatic rings. The molecule has 2 heteroatoms. The number of aromatic hydroxyl groups is 1. The summed E-state index contributed by atoms with van der Waals surface area (Å²) >= 11 is 0. The third-order valence-electron chi connectivity index (χ3n) is 2.31. The molecule has 0 heterocycles. The van der Waals surface area contributed by atoms with Crippen molar-refractivity contribution in [3.05, 3.63) is 29.8 Å². The predicted molar refractivity (Wildman–Crippen MR) is 45.1 cm³/mol. The lowest BCUT2D eigenvalue weighted by atomic mass is 9.79. The second-order valence-electron chi connectivity index (χ2n) is 3.24. The van der Waals surface area contributed by atoms with Crippen molar-refractivity contribution in [1.82, 2.24) is 0 Å². The largest absolute Gasteiger partial charge is 0.508 e. The van der Waals surface area contributed by atoms with Crippen molar-refractivity contribution >= 4 is 5.78 Å². The molecule has 2 nitrogen and oxygen atoms in total. The number of phenolic OH excluding ortho intramolecular Hbond substituents is 1. The Balaban J connectivity index is 2.14. The molecule has 0 unspecified atom stereocenters. The van der Waals surface area contributed by atoms with E-state index in [-0.39, 0.29) is 5.75 Å². The SMILES string of the molecule is O=C1CC(c2ccc(O)cc2)C1. The highest BCUT2D eigenvalue weighted by atomic mass is 16.3. The predicted octanol–water partition coefficient (Wildman–Crippen LogP) is 1.84. The quantitative estimate of drug-likeness (QED) is 0.684. The summed E-state index contributed by atoms with van der Waals surface area (Å²) in [5.74, 6) is 1.02. The third kappa shape index (κ3) is 1.20. The molecule has 0 spiro atoms. The number of carbonyl (C=O) groups is 1. The molecule has 0 aliphatic heterocycles. The smallest absolute Gasteiger partial charge is 0.134 e.